The summed E-state index contributed by atoms with van der Waals surface area (Å²) >= 11 is 0. The van der Waals surface area contributed by atoms with E-state index in [4.69, 9.17) is 4.74 Å². The third-order valence-electron chi connectivity index (χ3n) is 3.39. The number of nitrogens with one attached hydrogen (secondary N) is 2. The van der Waals surface area contributed by atoms with E-state index in [0.29, 0.717) is 11.7 Å². The van der Waals surface area contributed by atoms with Crippen LogP contribution in [0.2, 0.25) is 0 Å². The number of benzene rings is 1. The molecular weight excluding hydrogens is 246 g/mol. The van der Waals surface area contributed by atoms with Crippen molar-refractivity contribution in [2.24, 2.45) is 5.92 Å². The second-order valence-electron chi connectivity index (χ2n) is 4.75. The average molecular weight is 265 g/mol. The highest BCUT2D eigenvalue weighted by Gasteiger charge is 2.14. The minimum atomic E-state index is -0.405. The number of anilines is 1. The van der Waals surface area contributed by atoms with Crippen LogP contribution in [0, 0.1) is 16.0 Å². The van der Waals surface area contributed by atoms with Crippen molar-refractivity contribution in [2.75, 3.05) is 32.1 Å². The third kappa shape index (κ3) is 3.82. The summed E-state index contributed by atoms with van der Waals surface area (Å²) in [5.74, 6) is 1.12. The summed E-state index contributed by atoms with van der Waals surface area (Å²) in [7, 11) is 1.51. The van der Waals surface area contributed by atoms with Crippen LogP contribution in [0.1, 0.15) is 12.8 Å². The van der Waals surface area contributed by atoms with Crippen LogP contribution in [0.4, 0.5) is 11.4 Å². The summed E-state index contributed by atoms with van der Waals surface area (Å²) in [6.45, 7) is 2.93. The Morgan fingerprint density at radius 2 is 2.16 bits per heavy atom. The molecule has 6 nitrogen and oxygen atoms in total. The number of nitro benzene ring substituents is 1. The lowest BCUT2D eigenvalue weighted by atomic mass is 9.98. The predicted molar refractivity (Wildman–Crippen MR) is 73.7 cm³/mol. The molecule has 0 atom stereocenters. The minimum Gasteiger partial charge on any atom is -0.496 e. The van der Waals surface area contributed by atoms with Gasteiger partial charge in [0.15, 0.2) is 0 Å². The summed E-state index contributed by atoms with van der Waals surface area (Å²) in [5, 5.41) is 17.4. The van der Waals surface area contributed by atoms with E-state index in [-0.39, 0.29) is 5.69 Å². The van der Waals surface area contributed by atoms with E-state index in [0.717, 1.165) is 38.2 Å². The first-order valence-corrected chi connectivity index (χ1v) is 6.47. The fourth-order valence-electron chi connectivity index (χ4n) is 2.26. The molecule has 1 aromatic rings. The van der Waals surface area contributed by atoms with Crippen molar-refractivity contribution in [1.82, 2.24) is 5.32 Å². The lowest BCUT2D eigenvalue weighted by Gasteiger charge is -2.23. The number of rotatable bonds is 5. The van der Waals surface area contributed by atoms with Gasteiger partial charge in [-0.2, -0.15) is 0 Å². The molecule has 1 aromatic carbocycles. The number of non-ortho nitro benzene ring substituents is 1. The molecule has 0 radical (unpaired) electrons. The van der Waals surface area contributed by atoms with Gasteiger partial charge < -0.3 is 15.4 Å². The first-order chi connectivity index (χ1) is 9.19. The van der Waals surface area contributed by atoms with Crippen LogP contribution < -0.4 is 15.4 Å². The van der Waals surface area contributed by atoms with Crippen LogP contribution in [0.25, 0.3) is 0 Å². The molecule has 1 aliphatic rings. The number of nitro groups is 1. The topological polar surface area (TPSA) is 76.4 Å². The molecule has 0 aromatic heterocycles. The standard InChI is InChI=1S/C13H19N3O3/c1-19-13-7-11(6-12(8-13)16(17)18)15-9-10-2-4-14-5-3-10/h6-8,10,14-15H,2-5,9H2,1H3. The minimum absolute atomic E-state index is 0.0483. The number of methoxy groups -OCH3 is 1. The molecule has 1 saturated heterocycles. The van der Waals surface area contributed by atoms with Gasteiger partial charge in [0.2, 0.25) is 0 Å². The molecule has 0 spiro atoms. The highest BCUT2D eigenvalue weighted by atomic mass is 16.6. The van der Waals surface area contributed by atoms with Gasteiger partial charge in [-0.05, 0) is 31.8 Å². The molecule has 6 heteroatoms. The Morgan fingerprint density at radius 1 is 1.42 bits per heavy atom. The zero-order valence-corrected chi connectivity index (χ0v) is 11.0. The first-order valence-electron chi connectivity index (χ1n) is 6.47. The normalized spacial score (nSPS) is 16.1. The molecule has 0 unspecified atom stereocenters. The Balaban J connectivity index is 2.02. The van der Waals surface area contributed by atoms with Gasteiger partial charge in [0, 0.05) is 24.4 Å². The van der Waals surface area contributed by atoms with Crippen LogP contribution in [0.3, 0.4) is 0 Å². The Kier molecular flexibility index (Phi) is 4.57. The maximum absolute atomic E-state index is 10.8. The monoisotopic (exact) mass is 265 g/mol. The summed E-state index contributed by atoms with van der Waals surface area (Å²) in [6, 6.07) is 4.76. The van der Waals surface area contributed by atoms with Crippen molar-refractivity contribution in [3.63, 3.8) is 0 Å². The van der Waals surface area contributed by atoms with Gasteiger partial charge in [0.1, 0.15) is 5.75 Å². The van der Waals surface area contributed by atoms with Crippen LogP contribution >= 0.6 is 0 Å². The summed E-state index contributed by atoms with van der Waals surface area (Å²) in [4.78, 5) is 10.4. The van der Waals surface area contributed by atoms with Gasteiger partial charge in [0.25, 0.3) is 5.69 Å². The number of hydrogen-bond donors (Lipinski definition) is 2. The molecule has 0 amide bonds. The van der Waals surface area contributed by atoms with Crippen LogP contribution in [0.5, 0.6) is 5.75 Å². The molecular formula is C13H19N3O3. The van der Waals surface area contributed by atoms with E-state index in [1.807, 2.05) is 0 Å². The molecule has 2 rings (SSSR count). The third-order valence-corrected chi connectivity index (χ3v) is 3.39. The van der Waals surface area contributed by atoms with Crippen molar-refractivity contribution in [3.05, 3.63) is 28.3 Å². The smallest absolute Gasteiger partial charge is 0.275 e. The van der Waals surface area contributed by atoms with E-state index < -0.39 is 4.92 Å². The molecule has 1 fully saturated rings. The van der Waals surface area contributed by atoms with Gasteiger partial charge >= 0.3 is 0 Å². The van der Waals surface area contributed by atoms with Crippen LogP contribution in [-0.4, -0.2) is 31.7 Å². The average Bonchev–Trinajstić information content (AvgIpc) is 2.45. The number of piperidine rings is 1. The first kappa shape index (κ1) is 13.6. The largest absolute Gasteiger partial charge is 0.496 e. The van der Waals surface area contributed by atoms with Gasteiger partial charge in [-0.25, -0.2) is 0 Å². The van der Waals surface area contributed by atoms with E-state index in [1.165, 1.54) is 13.2 Å². The fraction of sp³-hybridized carbons (Fsp3) is 0.538. The SMILES string of the molecule is COc1cc(NCC2CCNCC2)cc([N+](=O)[O-])c1. The number of ether oxygens (including phenoxy) is 1. The molecule has 1 heterocycles. The van der Waals surface area contributed by atoms with Crippen molar-refractivity contribution in [3.8, 4) is 5.75 Å². The van der Waals surface area contributed by atoms with E-state index in [1.54, 1.807) is 12.1 Å². The lowest BCUT2D eigenvalue weighted by molar-refractivity contribution is -0.384. The molecule has 1 aliphatic heterocycles. The van der Waals surface area contributed by atoms with Crippen LogP contribution in [0.15, 0.2) is 18.2 Å². The molecule has 0 saturated carbocycles. The highest BCUT2D eigenvalue weighted by molar-refractivity contribution is 5.56. The Labute approximate surface area is 112 Å². The number of hydrogen-bond acceptors (Lipinski definition) is 5. The van der Waals surface area contributed by atoms with E-state index in [9.17, 15) is 10.1 Å². The summed E-state index contributed by atoms with van der Waals surface area (Å²) < 4.78 is 5.08. The molecule has 0 aliphatic carbocycles. The van der Waals surface area contributed by atoms with Crippen molar-refractivity contribution < 1.29 is 9.66 Å². The summed E-state index contributed by atoms with van der Waals surface area (Å²) in [5.41, 5.74) is 0.789. The maximum Gasteiger partial charge on any atom is 0.275 e. The quantitative estimate of drug-likeness (QED) is 0.629. The van der Waals surface area contributed by atoms with E-state index >= 15 is 0 Å². The van der Waals surface area contributed by atoms with Crippen molar-refractivity contribution >= 4 is 11.4 Å². The van der Waals surface area contributed by atoms with Crippen molar-refractivity contribution in [2.45, 2.75) is 12.8 Å². The van der Waals surface area contributed by atoms with E-state index in [2.05, 4.69) is 10.6 Å². The molecule has 2 N–H and O–H groups in total. The Hall–Kier alpha value is -1.82. The zero-order valence-electron chi connectivity index (χ0n) is 11.0. The van der Waals surface area contributed by atoms with Gasteiger partial charge in [-0.15, -0.1) is 0 Å². The second-order valence-corrected chi connectivity index (χ2v) is 4.75. The van der Waals surface area contributed by atoms with Gasteiger partial charge in [-0.1, -0.05) is 0 Å². The maximum atomic E-state index is 10.8. The predicted octanol–water partition coefficient (Wildman–Crippen LogP) is 2.01. The highest BCUT2D eigenvalue weighted by Crippen LogP contribution is 2.26. The van der Waals surface area contributed by atoms with Gasteiger partial charge in [-0.3, -0.25) is 10.1 Å². The number of nitrogens with zero attached hydrogens (tertiary/aromatic N) is 1. The zero-order chi connectivity index (χ0) is 13.7. The molecule has 19 heavy (non-hydrogen) atoms. The van der Waals surface area contributed by atoms with Gasteiger partial charge in [0.05, 0.1) is 18.1 Å². The Morgan fingerprint density at radius 3 is 2.79 bits per heavy atom. The summed E-state index contributed by atoms with van der Waals surface area (Å²) in [6.07, 6.45) is 2.28. The fourth-order valence-corrected chi connectivity index (χ4v) is 2.26. The molecule has 0 bridgehead atoms. The second kappa shape index (κ2) is 6.38. The van der Waals surface area contributed by atoms with Crippen molar-refractivity contribution in [1.29, 1.82) is 0 Å². The van der Waals surface area contributed by atoms with Crippen LogP contribution in [-0.2, 0) is 0 Å². The lowest BCUT2D eigenvalue weighted by Crippen LogP contribution is -2.31. The Bertz CT molecular complexity index is 445. The molecule has 104 valence electrons.